The van der Waals surface area contributed by atoms with Crippen molar-refractivity contribution in [3.05, 3.63) is 20.8 Å². The first kappa shape index (κ1) is 11.6. The fourth-order valence-electron chi connectivity index (χ4n) is 1.66. The average molecular weight is 290 g/mol. The zero-order valence-corrected chi connectivity index (χ0v) is 11.5. The van der Waals surface area contributed by atoms with Crippen LogP contribution in [0, 0.1) is 5.41 Å². The van der Waals surface area contributed by atoms with Gasteiger partial charge in [-0.3, -0.25) is 0 Å². The van der Waals surface area contributed by atoms with Crippen molar-refractivity contribution < 1.29 is 4.74 Å². The predicted octanol–water partition coefficient (Wildman–Crippen LogP) is 3.20. The lowest BCUT2D eigenvalue weighted by Gasteiger charge is -2.21. The van der Waals surface area contributed by atoms with Crippen LogP contribution in [0.25, 0.3) is 0 Å². The molecule has 1 aliphatic heterocycles. The number of hydrogen-bond acceptors (Lipinski definition) is 3. The van der Waals surface area contributed by atoms with Crippen LogP contribution in [0.4, 0.5) is 0 Å². The van der Waals surface area contributed by atoms with Gasteiger partial charge in [0.1, 0.15) is 6.10 Å². The van der Waals surface area contributed by atoms with Gasteiger partial charge < -0.3 is 10.1 Å². The van der Waals surface area contributed by atoms with Crippen molar-refractivity contribution in [2.45, 2.75) is 20.0 Å². The number of nitrogens with one attached hydrogen (secondary N) is 1. The summed E-state index contributed by atoms with van der Waals surface area (Å²) in [6, 6.07) is 2.15. The van der Waals surface area contributed by atoms with E-state index in [4.69, 9.17) is 4.74 Å². The molecule has 0 bridgehead atoms. The predicted molar refractivity (Wildman–Crippen MR) is 67.4 cm³/mol. The molecular formula is C11H16BrNOS. The summed E-state index contributed by atoms with van der Waals surface area (Å²) in [6.07, 6.45) is 0.211. The molecule has 1 aromatic heterocycles. The second kappa shape index (κ2) is 4.53. The molecule has 1 aromatic rings. The van der Waals surface area contributed by atoms with E-state index in [1.807, 2.05) is 0 Å². The smallest absolute Gasteiger partial charge is 0.104 e. The van der Waals surface area contributed by atoms with Crippen molar-refractivity contribution in [1.82, 2.24) is 5.32 Å². The Balaban J connectivity index is 2.05. The summed E-state index contributed by atoms with van der Waals surface area (Å²) in [5.41, 5.74) is 0.239. The van der Waals surface area contributed by atoms with E-state index < -0.39 is 0 Å². The van der Waals surface area contributed by atoms with Gasteiger partial charge in [-0.2, -0.15) is 0 Å². The van der Waals surface area contributed by atoms with Crippen molar-refractivity contribution in [2.24, 2.45) is 5.41 Å². The molecule has 1 fully saturated rings. The molecule has 4 heteroatoms. The molecule has 2 rings (SSSR count). The number of halogens is 1. The lowest BCUT2D eigenvalue weighted by atomic mass is 9.95. The highest BCUT2D eigenvalue weighted by Crippen LogP contribution is 2.30. The summed E-state index contributed by atoms with van der Waals surface area (Å²) in [5.74, 6) is 0. The molecule has 0 spiro atoms. The van der Waals surface area contributed by atoms with Crippen LogP contribution >= 0.6 is 27.3 Å². The largest absolute Gasteiger partial charge is 0.371 e. The molecule has 0 saturated carbocycles. The summed E-state index contributed by atoms with van der Waals surface area (Å²) in [7, 11) is 0. The normalized spacial score (nSPS) is 26.2. The lowest BCUT2D eigenvalue weighted by molar-refractivity contribution is 0.0278. The van der Waals surface area contributed by atoms with Gasteiger partial charge >= 0.3 is 0 Å². The Bertz CT molecular complexity index is 337. The van der Waals surface area contributed by atoms with Crippen LogP contribution in [0.3, 0.4) is 0 Å². The first-order valence-electron chi connectivity index (χ1n) is 5.13. The fourth-order valence-corrected chi connectivity index (χ4v) is 3.15. The lowest BCUT2D eigenvalue weighted by Crippen LogP contribution is -2.29. The standard InChI is InChI=1S/C11H16BrNOS/c1-11(2)6-13-4-9(14-7-11)10-3-8(12)5-15-10/h3,5,9,13H,4,6-7H2,1-2H3. The van der Waals surface area contributed by atoms with Gasteiger partial charge in [-0.05, 0) is 22.0 Å². The average Bonchev–Trinajstić information content (AvgIpc) is 2.49. The molecule has 1 N–H and O–H groups in total. The minimum Gasteiger partial charge on any atom is -0.371 e. The van der Waals surface area contributed by atoms with Crippen LogP contribution in [0.1, 0.15) is 24.8 Å². The van der Waals surface area contributed by atoms with Crippen molar-refractivity contribution in [2.75, 3.05) is 19.7 Å². The maximum absolute atomic E-state index is 5.94. The molecule has 15 heavy (non-hydrogen) atoms. The van der Waals surface area contributed by atoms with Crippen molar-refractivity contribution in [3.8, 4) is 0 Å². The molecule has 1 saturated heterocycles. The Hall–Kier alpha value is 0.1000. The van der Waals surface area contributed by atoms with Crippen LogP contribution in [-0.2, 0) is 4.74 Å². The first-order chi connectivity index (χ1) is 7.07. The summed E-state index contributed by atoms with van der Waals surface area (Å²) in [4.78, 5) is 1.30. The maximum Gasteiger partial charge on any atom is 0.104 e. The van der Waals surface area contributed by atoms with Gasteiger partial charge in [0.25, 0.3) is 0 Å². The van der Waals surface area contributed by atoms with Crippen LogP contribution in [-0.4, -0.2) is 19.7 Å². The van der Waals surface area contributed by atoms with Crippen molar-refractivity contribution in [1.29, 1.82) is 0 Å². The zero-order valence-electron chi connectivity index (χ0n) is 9.05. The molecule has 1 atom stereocenters. The van der Waals surface area contributed by atoms with Crippen LogP contribution < -0.4 is 5.32 Å². The number of ether oxygens (including phenoxy) is 1. The summed E-state index contributed by atoms with van der Waals surface area (Å²) < 4.78 is 7.09. The maximum atomic E-state index is 5.94. The topological polar surface area (TPSA) is 21.3 Å². The van der Waals surface area contributed by atoms with E-state index in [0.717, 1.165) is 24.2 Å². The Morgan fingerprint density at radius 3 is 3.07 bits per heavy atom. The number of hydrogen-bond donors (Lipinski definition) is 1. The molecule has 2 nitrogen and oxygen atoms in total. The van der Waals surface area contributed by atoms with Crippen molar-refractivity contribution >= 4 is 27.3 Å². The second-order valence-corrected chi connectivity index (χ2v) is 6.62. The van der Waals surface area contributed by atoms with Gasteiger partial charge in [-0.25, -0.2) is 0 Å². The quantitative estimate of drug-likeness (QED) is 0.857. The highest BCUT2D eigenvalue weighted by atomic mass is 79.9. The van der Waals surface area contributed by atoms with Crippen molar-refractivity contribution in [3.63, 3.8) is 0 Å². The van der Waals surface area contributed by atoms with E-state index in [2.05, 4.69) is 46.5 Å². The minimum absolute atomic E-state index is 0.211. The summed E-state index contributed by atoms with van der Waals surface area (Å²) >= 11 is 5.23. The second-order valence-electron chi connectivity index (χ2n) is 4.76. The van der Waals surface area contributed by atoms with Gasteiger partial charge in [-0.15, -0.1) is 11.3 Å². The molecule has 2 heterocycles. The molecule has 84 valence electrons. The summed E-state index contributed by atoms with van der Waals surface area (Å²) in [6.45, 7) is 7.21. The molecular weight excluding hydrogens is 274 g/mol. The third-order valence-corrected chi connectivity index (χ3v) is 4.30. The van der Waals surface area contributed by atoms with E-state index in [9.17, 15) is 0 Å². The molecule has 0 amide bonds. The number of rotatable bonds is 1. The molecule has 1 unspecified atom stereocenters. The van der Waals surface area contributed by atoms with Crippen LogP contribution in [0.5, 0.6) is 0 Å². The zero-order chi connectivity index (χ0) is 10.9. The summed E-state index contributed by atoms with van der Waals surface area (Å²) in [5, 5.41) is 5.57. The molecule has 0 aromatic carbocycles. The van der Waals surface area contributed by atoms with Gasteiger partial charge in [0.2, 0.25) is 0 Å². The van der Waals surface area contributed by atoms with E-state index >= 15 is 0 Å². The number of thiophene rings is 1. The molecule has 0 radical (unpaired) electrons. The third-order valence-electron chi connectivity index (χ3n) is 2.51. The van der Waals surface area contributed by atoms with Crippen LogP contribution in [0.15, 0.2) is 15.9 Å². The molecule has 1 aliphatic rings. The van der Waals surface area contributed by atoms with Gasteiger partial charge in [0.05, 0.1) is 6.61 Å². The highest BCUT2D eigenvalue weighted by Gasteiger charge is 2.26. The van der Waals surface area contributed by atoms with Gasteiger partial charge in [0.15, 0.2) is 0 Å². The van der Waals surface area contributed by atoms with E-state index in [1.54, 1.807) is 11.3 Å². The Morgan fingerprint density at radius 2 is 2.40 bits per heavy atom. The highest BCUT2D eigenvalue weighted by molar-refractivity contribution is 9.10. The third kappa shape index (κ3) is 3.03. The van der Waals surface area contributed by atoms with Crippen LogP contribution in [0.2, 0.25) is 0 Å². The fraction of sp³-hybridized carbons (Fsp3) is 0.636. The Morgan fingerprint density at radius 1 is 1.60 bits per heavy atom. The van der Waals surface area contributed by atoms with E-state index in [1.165, 1.54) is 4.88 Å². The van der Waals surface area contributed by atoms with Gasteiger partial charge in [-0.1, -0.05) is 13.8 Å². The Labute approximate surface area is 103 Å². The molecule has 0 aliphatic carbocycles. The van der Waals surface area contributed by atoms with E-state index in [-0.39, 0.29) is 11.5 Å². The first-order valence-corrected chi connectivity index (χ1v) is 6.80. The van der Waals surface area contributed by atoms with E-state index in [0.29, 0.717) is 0 Å². The van der Waals surface area contributed by atoms with Gasteiger partial charge in [0, 0.05) is 33.2 Å². The Kier molecular flexibility index (Phi) is 3.50. The minimum atomic E-state index is 0.211. The monoisotopic (exact) mass is 289 g/mol. The SMILES string of the molecule is CC1(C)CNCC(c2cc(Br)cs2)OC1.